The summed E-state index contributed by atoms with van der Waals surface area (Å²) in [7, 11) is 1.58. The summed E-state index contributed by atoms with van der Waals surface area (Å²) in [6, 6.07) is 7.31. The van der Waals surface area contributed by atoms with Crippen molar-refractivity contribution in [3.63, 3.8) is 0 Å². The Hall–Kier alpha value is -1.68. The van der Waals surface area contributed by atoms with Crippen molar-refractivity contribution in [3.8, 4) is 11.5 Å². The van der Waals surface area contributed by atoms with Crippen molar-refractivity contribution in [2.75, 3.05) is 12.4 Å². The molecule has 0 aliphatic rings. The Kier molecular flexibility index (Phi) is 3.31. The number of aromatic hydroxyl groups is 1. The molecule has 0 fully saturated rings. The van der Waals surface area contributed by atoms with Crippen LogP contribution in [0.25, 0.3) is 0 Å². The Morgan fingerprint density at radius 1 is 1.38 bits per heavy atom. The molecule has 2 aromatic rings. The van der Waals surface area contributed by atoms with Gasteiger partial charge in [-0.2, -0.15) is 11.3 Å². The number of rotatable bonds is 4. The van der Waals surface area contributed by atoms with E-state index in [0.717, 1.165) is 11.3 Å². The monoisotopic (exact) mass is 235 g/mol. The molecule has 2 rings (SSSR count). The van der Waals surface area contributed by atoms with Gasteiger partial charge in [0, 0.05) is 29.2 Å². The van der Waals surface area contributed by atoms with E-state index in [-0.39, 0.29) is 5.75 Å². The maximum atomic E-state index is 9.73. The summed E-state index contributed by atoms with van der Waals surface area (Å²) in [6.07, 6.45) is 0. The predicted molar refractivity (Wildman–Crippen MR) is 66.3 cm³/mol. The quantitative estimate of drug-likeness (QED) is 0.855. The van der Waals surface area contributed by atoms with E-state index in [1.54, 1.807) is 24.5 Å². The van der Waals surface area contributed by atoms with E-state index in [4.69, 9.17) is 4.74 Å². The number of hydrogen-bond donors (Lipinski definition) is 2. The molecule has 0 bridgehead atoms. The predicted octanol–water partition coefficient (Wildman–Crippen LogP) is 3.07. The molecule has 0 aliphatic heterocycles. The number of phenols is 1. The SMILES string of the molecule is COc1ccc(CNc2ccsc2)c(O)c1. The maximum absolute atomic E-state index is 9.73. The van der Waals surface area contributed by atoms with Gasteiger partial charge in [-0.05, 0) is 23.6 Å². The lowest BCUT2D eigenvalue weighted by Crippen LogP contribution is -1.98. The lowest BCUT2D eigenvalue weighted by Gasteiger charge is -2.08. The third-order valence-corrected chi connectivity index (χ3v) is 2.98. The van der Waals surface area contributed by atoms with Gasteiger partial charge >= 0.3 is 0 Å². The van der Waals surface area contributed by atoms with Gasteiger partial charge in [-0.1, -0.05) is 0 Å². The molecule has 84 valence electrons. The number of phenolic OH excluding ortho intramolecular Hbond substituents is 1. The number of methoxy groups -OCH3 is 1. The van der Waals surface area contributed by atoms with E-state index >= 15 is 0 Å². The molecule has 16 heavy (non-hydrogen) atoms. The zero-order valence-electron chi connectivity index (χ0n) is 8.93. The average molecular weight is 235 g/mol. The first kappa shape index (κ1) is 10.8. The Balaban J connectivity index is 2.04. The molecule has 1 aromatic heterocycles. The molecule has 0 atom stereocenters. The van der Waals surface area contributed by atoms with Crippen molar-refractivity contribution in [2.24, 2.45) is 0 Å². The molecule has 0 saturated carbocycles. The summed E-state index contributed by atoms with van der Waals surface area (Å²) >= 11 is 1.64. The smallest absolute Gasteiger partial charge is 0.124 e. The number of hydrogen-bond acceptors (Lipinski definition) is 4. The van der Waals surface area contributed by atoms with Crippen molar-refractivity contribution in [1.82, 2.24) is 0 Å². The largest absolute Gasteiger partial charge is 0.507 e. The fourth-order valence-corrected chi connectivity index (χ4v) is 1.99. The zero-order valence-corrected chi connectivity index (χ0v) is 9.75. The van der Waals surface area contributed by atoms with E-state index in [1.165, 1.54) is 0 Å². The van der Waals surface area contributed by atoms with Crippen molar-refractivity contribution in [1.29, 1.82) is 0 Å². The fourth-order valence-electron chi connectivity index (χ4n) is 1.38. The molecule has 0 spiro atoms. The van der Waals surface area contributed by atoms with E-state index in [0.29, 0.717) is 12.3 Å². The molecule has 0 radical (unpaired) electrons. The highest BCUT2D eigenvalue weighted by Gasteiger charge is 2.02. The van der Waals surface area contributed by atoms with Gasteiger partial charge in [0.15, 0.2) is 0 Å². The van der Waals surface area contributed by atoms with Crippen LogP contribution in [-0.4, -0.2) is 12.2 Å². The van der Waals surface area contributed by atoms with Crippen LogP contribution in [0.1, 0.15) is 5.56 Å². The Morgan fingerprint density at radius 2 is 2.25 bits per heavy atom. The van der Waals surface area contributed by atoms with Crippen LogP contribution in [0.15, 0.2) is 35.0 Å². The van der Waals surface area contributed by atoms with Gasteiger partial charge in [0.25, 0.3) is 0 Å². The molecule has 3 nitrogen and oxygen atoms in total. The van der Waals surface area contributed by atoms with E-state index in [9.17, 15) is 5.11 Å². The first-order valence-electron chi connectivity index (χ1n) is 4.91. The lowest BCUT2D eigenvalue weighted by molar-refractivity contribution is 0.406. The van der Waals surface area contributed by atoms with Crippen LogP contribution < -0.4 is 10.1 Å². The summed E-state index contributed by atoms with van der Waals surface area (Å²) in [4.78, 5) is 0. The van der Waals surface area contributed by atoms with Crippen LogP contribution in [0.3, 0.4) is 0 Å². The van der Waals surface area contributed by atoms with Gasteiger partial charge in [-0.25, -0.2) is 0 Å². The second-order valence-electron chi connectivity index (χ2n) is 3.36. The average Bonchev–Trinajstić information content (AvgIpc) is 2.80. The Morgan fingerprint density at radius 3 is 2.88 bits per heavy atom. The van der Waals surface area contributed by atoms with Crippen LogP contribution in [0.2, 0.25) is 0 Å². The van der Waals surface area contributed by atoms with Crippen molar-refractivity contribution < 1.29 is 9.84 Å². The minimum absolute atomic E-state index is 0.252. The zero-order chi connectivity index (χ0) is 11.4. The number of ether oxygens (including phenoxy) is 1. The molecule has 2 N–H and O–H groups in total. The number of anilines is 1. The third-order valence-electron chi connectivity index (χ3n) is 2.30. The Bertz CT molecular complexity index is 454. The molecule has 0 amide bonds. The number of benzene rings is 1. The molecule has 1 heterocycles. The second-order valence-corrected chi connectivity index (χ2v) is 4.14. The highest BCUT2D eigenvalue weighted by atomic mass is 32.1. The van der Waals surface area contributed by atoms with Crippen molar-refractivity contribution in [2.45, 2.75) is 6.54 Å². The van der Waals surface area contributed by atoms with Gasteiger partial charge < -0.3 is 15.2 Å². The molecular weight excluding hydrogens is 222 g/mol. The van der Waals surface area contributed by atoms with Gasteiger partial charge in [0.1, 0.15) is 11.5 Å². The van der Waals surface area contributed by atoms with Gasteiger partial charge in [-0.3, -0.25) is 0 Å². The minimum Gasteiger partial charge on any atom is -0.507 e. The standard InChI is InChI=1S/C12H13NO2S/c1-15-11-3-2-9(12(14)6-11)7-13-10-4-5-16-8-10/h2-6,8,13-14H,7H2,1H3. The van der Waals surface area contributed by atoms with Gasteiger partial charge in [-0.15, -0.1) is 0 Å². The summed E-state index contributed by atoms with van der Waals surface area (Å²) in [5.74, 6) is 0.916. The first-order valence-corrected chi connectivity index (χ1v) is 5.86. The molecule has 1 aromatic carbocycles. The fraction of sp³-hybridized carbons (Fsp3) is 0.167. The van der Waals surface area contributed by atoms with E-state index in [1.807, 2.05) is 29.0 Å². The van der Waals surface area contributed by atoms with Gasteiger partial charge in [0.2, 0.25) is 0 Å². The maximum Gasteiger partial charge on any atom is 0.124 e. The molecular formula is C12H13NO2S. The number of nitrogens with one attached hydrogen (secondary N) is 1. The summed E-state index contributed by atoms with van der Waals surface area (Å²) in [5, 5.41) is 17.0. The number of thiophene rings is 1. The highest BCUT2D eigenvalue weighted by Crippen LogP contribution is 2.24. The van der Waals surface area contributed by atoms with Crippen molar-refractivity contribution >= 4 is 17.0 Å². The van der Waals surface area contributed by atoms with Crippen LogP contribution in [0, 0.1) is 0 Å². The Labute approximate surface area is 98.3 Å². The summed E-state index contributed by atoms with van der Waals surface area (Å²) in [6.45, 7) is 0.604. The minimum atomic E-state index is 0.252. The van der Waals surface area contributed by atoms with Crippen LogP contribution >= 0.6 is 11.3 Å². The third kappa shape index (κ3) is 2.46. The topological polar surface area (TPSA) is 41.5 Å². The normalized spacial score (nSPS) is 10.1. The lowest BCUT2D eigenvalue weighted by atomic mass is 10.2. The highest BCUT2D eigenvalue weighted by molar-refractivity contribution is 7.08. The van der Waals surface area contributed by atoms with E-state index < -0.39 is 0 Å². The summed E-state index contributed by atoms with van der Waals surface area (Å²) in [5.41, 5.74) is 1.92. The second kappa shape index (κ2) is 4.90. The van der Waals surface area contributed by atoms with Crippen LogP contribution in [0.5, 0.6) is 11.5 Å². The van der Waals surface area contributed by atoms with Gasteiger partial charge in [0.05, 0.1) is 7.11 Å². The molecule has 0 aliphatic carbocycles. The molecule has 0 saturated heterocycles. The van der Waals surface area contributed by atoms with Crippen LogP contribution in [0.4, 0.5) is 5.69 Å². The first-order chi connectivity index (χ1) is 7.79. The molecule has 0 unspecified atom stereocenters. The van der Waals surface area contributed by atoms with Crippen LogP contribution in [-0.2, 0) is 6.54 Å². The summed E-state index contributed by atoms with van der Waals surface area (Å²) < 4.78 is 5.02. The molecule has 4 heteroatoms. The van der Waals surface area contributed by atoms with E-state index in [2.05, 4.69) is 5.32 Å². The van der Waals surface area contributed by atoms with Crippen molar-refractivity contribution in [3.05, 3.63) is 40.6 Å².